The number of hydrogen-bond donors (Lipinski definition) is 1. The van der Waals surface area contributed by atoms with Gasteiger partial charge in [-0.25, -0.2) is 8.42 Å². The number of hydrogen-bond acceptors (Lipinski definition) is 4. The van der Waals surface area contributed by atoms with Crippen molar-refractivity contribution in [2.24, 2.45) is 0 Å². The summed E-state index contributed by atoms with van der Waals surface area (Å²) in [5.74, 6) is -0.679. The molecule has 5 nitrogen and oxygen atoms in total. The summed E-state index contributed by atoms with van der Waals surface area (Å²) in [5.41, 5.74) is 1.27. The molecule has 0 heterocycles. The van der Waals surface area contributed by atoms with Crippen LogP contribution in [0.3, 0.4) is 0 Å². The summed E-state index contributed by atoms with van der Waals surface area (Å²) in [7, 11) is -3.43. The summed E-state index contributed by atoms with van der Waals surface area (Å²) in [5, 5.41) is 2.74. The number of nitrogens with one attached hydrogen (secondary N) is 1. The first-order valence-corrected chi connectivity index (χ1v) is 11.8. The van der Waals surface area contributed by atoms with Crippen LogP contribution in [0.1, 0.15) is 28.8 Å². The van der Waals surface area contributed by atoms with E-state index >= 15 is 0 Å². The van der Waals surface area contributed by atoms with Crippen molar-refractivity contribution >= 4 is 43.1 Å². The number of rotatable bonds is 8. The van der Waals surface area contributed by atoms with E-state index in [2.05, 4.69) is 21.2 Å². The zero-order valence-electron chi connectivity index (χ0n) is 16.0. The van der Waals surface area contributed by atoms with E-state index in [1.54, 1.807) is 72.8 Å². The van der Waals surface area contributed by atoms with Crippen molar-refractivity contribution in [1.29, 1.82) is 0 Å². The fourth-order valence-corrected chi connectivity index (χ4v) is 4.63. The Balaban J connectivity index is 1.66. The predicted molar refractivity (Wildman–Crippen MR) is 120 cm³/mol. The van der Waals surface area contributed by atoms with E-state index in [1.165, 1.54) is 0 Å². The van der Waals surface area contributed by atoms with Crippen LogP contribution in [0.2, 0.25) is 0 Å². The molecule has 3 aromatic carbocycles. The van der Waals surface area contributed by atoms with Crippen LogP contribution in [-0.2, 0) is 14.6 Å². The zero-order chi connectivity index (χ0) is 21.6. The van der Waals surface area contributed by atoms with Crippen molar-refractivity contribution in [2.45, 2.75) is 17.7 Å². The van der Waals surface area contributed by atoms with Gasteiger partial charge < -0.3 is 5.32 Å². The molecule has 0 aliphatic heterocycles. The Hall–Kier alpha value is -2.77. The minimum atomic E-state index is -3.43. The zero-order valence-corrected chi connectivity index (χ0v) is 18.4. The lowest BCUT2D eigenvalue weighted by Gasteiger charge is -2.11. The molecule has 1 amide bonds. The van der Waals surface area contributed by atoms with Gasteiger partial charge in [-0.05, 0) is 36.8 Å². The van der Waals surface area contributed by atoms with Gasteiger partial charge in [-0.15, -0.1) is 0 Å². The Labute approximate surface area is 184 Å². The molecule has 0 radical (unpaired) electrons. The van der Waals surface area contributed by atoms with E-state index in [9.17, 15) is 18.0 Å². The van der Waals surface area contributed by atoms with Crippen molar-refractivity contribution in [3.05, 3.63) is 94.5 Å². The largest absolute Gasteiger partial charge is 0.325 e. The SMILES string of the molecule is O=C(CCCS(=O)(=O)c1ccccc1)Nc1ccc(Br)cc1C(=O)c1ccccc1. The average Bonchev–Trinajstić information content (AvgIpc) is 2.75. The maximum absolute atomic E-state index is 12.9. The normalized spacial score (nSPS) is 11.1. The van der Waals surface area contributed by atoms with Crippen LogP contribution in [0.5, 0.6) is 0 Å². The van der Waals surface area contributed by atoms with Crippen molar-refractivity contribution in [2.75, 3.05) is 11.1 Å². The number of ketones is 1. The van der Waals surface area contributed by atoms with E-state index in [0.717, 1.165) is 0 Å². The number of sulfone groups is 1. The van der Waals surface area contributed by atoms with E-state index in [-0.39, 0.29) is 35.2 Å². The fraction of sp³-hybridized carbons (Fsp3) is 0.130. The molecule has 3 rings (SSSR count). The molecular weight excluding hydrogens is 466 g/mol. The molecular formula is C23H20BrNO4S. The lowest BCUT2D eigenvalue weighted by atomic mass is 10.0. The first-order chi connectivity index (χ1) is 14.4. The van der Waals surface area contributed by atoms with E-state index < -0.39 is 9.84 Å². The summed E-state index contributed by atoms with van der Waals surface area (Å²) >= 11 is 3.36. The van der Waals surface area contributed by atoms with Gasteiger partial charge in [0.2, 0.25) is 5.91 Å². The van der Waals surface area contributed by atoms with Crippen LogP contribution < -0.4 is 5.32 Å². The molecule has 0 spiro atoms. The molecule has 0 aromatic heterocycles. The average molecular weight is 486 g/mol. The Morgan fingerprint density at radius 1 is 0.867 bits per heavy atom. The van der Waals surface area contributed by atoms with Gasteiger partial charge in [0, 0.05) is 22.0 Å². The third-order valence-electron chi connectivity index (χ3n) is 4.46. The molecule has 154 valence electrons. The van der Waals surface area contributed by atoms with Gasteiger partial charge in [-0.3, -0.25) is 9.59 Å². The number of benzene rings is 3. The summed E-state index contributed by atoms with van der Waals surface area (Å²) in [6, 6.07) is 22.0. The highest BCUT2D eigenvalue weighted by atomic mass is 79.9. The highest BCUT2D eigenvalue weighted by Gasteiger charge is 2.17. The van der Waals surface area contributed by atoms with Crippen molar-refractivity contribution in [1.82, 2.24) is 0 Å². The van der Waals surface area contributed by atoms with Crippen molar-refractivity contribution < 1.29 is 18.0 Å². The third-order valence-corrected chi connectivity index (χ3v) is 6.77. The maximum Gasteiger partial charge on any atom is 0.224 e. The van der Waals surface area contributed by atoms with Crippen LogP contribution in [0, 0.1) is 0 Å². The smallest absolute Gasteiger partial charge is 0.224 e. The standard InChI is InChI=1S/C23H20BrNO4S/c24-18-13-14-21(20(16-18)23(27)17-8-3-1-4-9-17)25-22(26)12-7-15-30(28,29)19-10-5-2-6-11-19/h1-6,8-11,13-14,16H,7,12,15H2,(H,25,26). The van der Waals surface area contributed by atoms with E-state index in [4.69, 9.17) is 0 Å². The first kappa shape index (κ1) is 21.9. The van der Waals surface area contributed by atoms with Gasteiger partial charge in [-0.2, -0.15) is 0 Å². The second kappa shape index (κ2) is 9.82. The quantitative estimate of drug-likeness (QED) is 0.461. The predicted octanol–water partition coefficient (Wildman–Crippen LogP) is 4.87. The molecule has 30 heavy (non-hydrogen) atoms. The number of amides is 1. The fourth-order valence-electron chi connectivity index (χ4n) is 2.94. The first-order valence-electron chi connectivity index (χ1n) is 9.34. The Kier molecular flexibility index (Phi) is 7.18. The van der Waals surface area contributed by atoms with Crippen LogP contribution >= 0.6 is 15.9 Å². The van der Waals surface area contributed by atoms with Gasteiger partial charge in [0.25, 0.3) is 0 Å². The van der Waals surface area contributed by atoms with Crippen molar-refractivity contribution in [3.8, 4) is 0 Å². The second-order valence-electron chi connectivity index (χ2n) is 6.67. The van der Waals surface area contributed by atoms with Crippen LogP contribution in [0.25, 0.3) is 0 Å². The molecule has 0 atom stereocenters. The molecule has 0 unspecified atom stereocenters. The van der Waals surface area contributed by atoms with Crippen LogP contribution in [0.4, 0.5) is 5.69 Å². The molecule has 0 aliphatic rings. The van der Waals surface area contributed by atoms with Gasteiger partial charge in [0.1, 0.15) is 0 Å². The summed E-state index contributed by atoms with van der Waals surface area (Å²) in [4.78, 5) is 25.5. The number of halogens is 1. The molecule has 0 saturated heterocycles. The summed E-state index contributed by atoms with van der Waals surface area (Å²) in [6.07, 6.45) is 0.211. The Morgan fingerprint density at radius 3 is 2.17 bits per heavy atom. The molecule has 0 bridgehead atoms. The maximum atomic E-state index is 12.9. The molecule has 0 fully saturated rings. The number of carbonyl (C=O) groups excluding carboxylic acids is 2. The molecule has 1 N–H and O–H groups in total. The minimum Gasteiger partial charge on any atom is -0.325 e. The third kappa shape index (κ3) is 5.64. The molecule has 0 aliphatic carbocycles. The van der Waals surface area contributed by atoms with Gasteiger partial charge in [0.05, 0.1) is 16.3 Å². The summed E-state index contributed by atoms with van der Waals surface area (Å²) < 4.78 is 25.4. The van der Waals surface area contributed by atoms with Gasteiger partial charge in [-0.1, -0.05) is 64.5 Å². The van der Waals surface area contributed by atoms with Gasteiger partial charge in [0.15, 0.2) is 15.6 Å². The minimum absolute atomic E-state index is 0.0289. The Bertz CT molecular complexity index is 1150. The molecule has 0 saturated carbocycles. The van der Waals surface area contributed by atoms with Gasteiger partial charge >= 0.3 is 0 Å². The Morgan fingerprint density at radius 2 is 1.50 bits per heavy atom. The highest BCUT2D eigenvalue weighted by Crippen LogP contribution is 2.24. The molecule has 3 aromatic rings. The van der Waals surface area contributed by atoms with E-state index in [0.29, 0.717) is 21.3 Å². The summed E-state index contributed by atoms with van der Waals surface area (Å²) in [6.45, 7) is 0. The topological polar surface area (TPSA) is 80.3 Å². The van der Waals surface area contributed by atoms with Crippen molar-refractivity contribution in [3.63, 3.8) is 0 Å². The van der Waals surface area contributed by atoms with E-state index in [1.807, 2.05) is 6.07 Å². The number of anilines is 1. The highest BCUT2D eigenvalue weighted by molar-refractivity contribution is 9.10. The number of carbonyl (C=O) groups is 2. The lowest BCUT2D eigenvalue weighted by molar-refractivity contribution is -0.116. The second-order valence-corrected chi connectivity index (χ2v) is 9.69. The van der Waals surface area contributed by atoms with Crippen LogP contribution in [-0.4, -0.2) is 25.9 Å². The molecule has 7 heteroatoms. The monoisotopic (exact) mass is 485 g/mol. The lowest BCUT2D eigenvalue weighted by Crippen LogP contribution is -2.16. The van der Waals surface area contributed by atoms with Crippen LogP contribution in [0.15, 0.2) is 88.2 Å².